The van der Waals surface area contributed by atoms with Gasteiger partial charge in [0.15, 0.2) is 0 Å². The van der Waals surface area contributed by atoms with E-state index < -0.39 is 12.0 Å². The molecule has 0 saturated heterocycles. The summed E-state index contributed by atoms with van der Waals surface area (Å²) in [4.78, 5) is 24.3. The van der Waals surface area contributed by atoms with Crippen molar-refractivity contribution in [3.63, 3.8) is 0 Å². The number of carbonyl (C=O) groups is 2. The van der Waals surface area contributed by atoms with Gasteiger partial charge in [-0.2, -0.15) is 0 Å². The van der Waals surface area contributed by atoms with Gasteiger partial charge in [-0.05, 0) is 37.5 Å². The number of rotatable bonds is 6. The van der Waals surface area contributed by atoms with Crippen molar-refractivity contribution in [1.82, 2.24) is 5.32 Å². The lowest BCUT2D eigenvalue weighted by molar-refractivity contribution is -0.144. The summed E-state index contributed by atoms with van der Waals surface area (Å²) in [5.41, 5.74) is 0.585. The second kappa shape index (κ2) is 8.65. The molecule has 1 amide bonds. The van der Waals surface area contributed by atoms with E-state index in [1.165, 1.54) is 18.6 Å². The van der Waals surface area contributed by atoms with Crippen LogP contribution in [-0.4, -0.2) is 18.5 Å². The highest BCUT2D eigenvalue weighted by atomic mass is 19.1. The molecule has 1 aromatic rings. The molecule has 4 nitrogen and oxygen atoms in total. The number of hydrogen-bond acceptors (Lipinski definition) is 3. The van der Waals surface area contributed by atoms with Gasteiger partial charge in [0.25, 0.3) is 0 Å². The summed E-state index contributed by atoms with van der Waals surface area (Å²) in [7, 11) is 0. The predicted molar refractivity (Wildman–Crippen MR) is 85.1 cm³/mol. The Morgan fingerprint density at radius 3 is 2.70 bits per heavy atom. The van der Waals surface area contributed by atoms with Crippen LogP contribution >= 0.6 is 0 Å². The van der Waals surface area contributed by atoms with Gasteiger partial charge in [0.2, 0.25) is 5.91 Å². The van der Waals surface area contributed by atoms with Gasteiger partial charge in [0, 0.05) is 5.92 Å². The van der Waals surface area contributed by atoms with Crippen molar-refractivity contribution in [2.75, 3.05) is 6.61 Å². The van der Waals surface area contributed by atoms with E-state index >= 15 is 0 Å². The average Bonchev–Trinajstić information content (AvgIpc) is 2.55. The highest BCUT2D eigenvalue weighted by molar-refractivity contribution is 5.80. The summed E-state index contributed by atoms with van der Waals surface area (Å²) in [6, 6.07) is 5.43. The second-order valence-electron chi connectivity index (χ2n) is 5.96. The van der Waals surface area contributed by atoms with Gasteiger partial charge in [-0.3, -0.25) is 9.59 Å². The van der Waals surface area contributed by atoms with Crippen LogP contribution in [0.1, 0.15) is 57.1 Å². The highest BCUT2D eigenvalue weighted by Crippen LogP contribution is 2.26. The molecule has 1 fully saturated rings. The third-order valence-corrected chi connectivity index (χ3v) is 4.22. The summed E-state index contributed by atoms with van der Waals surface area (Å²) in [5.74, 6) is -0.848. The van der Waals surface area contributed by atoms with Crippen molar-refractivity contribution in [2.24, 2.45) is 5.92 Å². The zero-order chi connectivity index (χ0) is 16.7. The number of benzene rings is 1. The summed E-state index contributed by atoms with van der Waals surface area (Å²) in [6.07, 6.45) is 5.04. The number of hydrogen-bond donors (Lipinski definition) is 1. The first-order valence-corrected chi connectivity index (χ1v) is 8.31. The minimum atomic E-state index is -0.556. The molecule has 5 heteroatoms. The molecule has 23 heavy (non-hydrogen) atoms. The van der Waals surface area contributed by atoms with E-state index in [0.29, 0.717) is 5.56 Å². The van der Waals surface area contributed by atoms with Crippen LogP contribution in [0.25, 0.3) is 0 Å². The third kappa shape index (κ3) is 5.34. The van der Waals surface area contributed by atoms with Crippen LogP contribution < -0.4 is 5.32 Å². The molecule has 1 atom stereocenters. The molecule has 0 bridgehead atoms. The molecule has 0 heterocycles. The lowest BCUT2D eigenvalue weighted by Crippen LogP contribution is -2.36. The first-order valence-electron chi connectivity index (χ1n) is 8.31. The smallest absolute Gasteiger partial charge is 0.308 e. The zero-order valence-electron chi connectivity index (χ0n) is 13.5. The van der Waals surface area contributed by atoms with Crippen LogP contribution in [0.2, 0.25) is 0 Å². The SMILES string of the molecule is CCOC(=O)C[C@H](NC(=O)C1CCCCC1)c1cccc(F)c1. The molecule has 1 aliphatic carbocycles. The Hall–Kier alpha value is -1.91. The Labute approximate surface area is 136 Å². The van der Waals surface area contributed by atoms with Gasteiger partial charge in [-0.1, -0.05) is 31.4 Å². The Bertz CT molecular complexity index is 541. The molecule has 0 unspecified atom stereocenters. The zero-order valence-corrected chi connectivity index (χ0v) is 13.5. The van der Waals surface area contributed by atoms with Gasteiger partial charge >= 0.3 is 5.97 Å². The van der Waals surface area contributed by atoms with E-state index in [2.05, 4.69) is 5.32 Å². The van der Waals surface area contributed by atoms with Crippen LogP contribution in [0.3, 0.4) is 0 Å². The molecule has 0 spiro atoms. The van der Waals surface area contributed by atoms with E-state index in [-0.39, 0.29) is 30.7 Å². The van der Waals surface area contributed by atoms with E-state index in [0.717, 1.165) is 25.7 Å². The molecule has 1 saturated carbocycles. The topological polar surface area (TPSA) is 55.4 Å². The largest absolute Gasteiger partial charge is 0.466 e. The Balaban J connectivity index is 2.09. The van der Waals surface area contributed by atoms with Crippen molar-refractivity contribution in [3.8, 4) is 0 Å². The van der Waals surface area contributed by atoms with Crippen molar-refractivity contribution >= 4 is 11.9 Å². The maximum Gasteiger partial charge on any atom is 0.308 e. The fraction of sp³-hybridized carbons (Fsp3) is 0.556. The maximum atomic E-state index is 13.5. The monoisotopic (exact) mass is 321 g/mol. The molecule has 2 rings (SSSR count). The third-order valence-electron chi connectivity index (χ3n) is 4.22. The quantitative estimate of drug-likeness (QED) is 0.816. The maximum absolute atomic E-state index is 13.5. The molecule has 1 aromatic carbocycles. The summed E-state index contributed by atoms with van der Waals surface area (Å²) in [5, 5.41) is 2.91. The van der Waals surface area contributed by atoms with Gasteiger partial charge in [0.05, 0.1) is 19.1 Å². The first-order chi connectivity index (χ1) is 11.1. The van der Waals surface area contributed by atoms with Crippen LogP contribution in [0.4, 0.5) is 4.39 Å². The fourth-order valence-electron chi connectivity index (χ4n) is 3.02. The van der Waals surface area contributed by atoms with Gasteiger partial charge in [0.1, 0.15) is 5.82 Å². The highest BCUT2D eigenvalue weighted by Gasteiger charge is 2.25. The van der Waals surface area contributed by atoms with Crippen molar-refractivity contribution in [3.05, 3.63) is 35.6 Å². The molecule has 126 valence electrons. The standard InChI is InChI=1S/C18H24FNO3/c1-2-23-17(21)12-16(14-9-6-10-15(19)11-14)20-18(22)13-7-4-3-5-8-13/h6,9-11,13,16H,2-5,7-8,12H2,1H3,(H,20,22)/t16-/m0/s1. The molecule has 1 aliphatic rings. The second-order valence-corrected chi connectivity index (χ2v) is 5.96. The van der Waals surface area contributed by atoms with Gasteiger partial charge in [-0.15, -0.1) is 0 Å². The van der Waals surface area contributed by atoms with Crippen molar-refractivity contribution < 1.29 is 18.7 Å². The lowest BCUT2D eigenvalue weighted by Gasteiger charge is -2.25. The van der Waals surface area contributed by atoms with Crippen molar-refractivity contribution in [2.45, 2.75) is 51.5 Å². The molecule has 0 aromatic heterocycles. The van der Waals surface area contributed by atoms with Crippen LogP contribution in [-0.2, 0) is 14.3 Å². The summed E-state index contributed by atoms with van der Waals surface area (Å²) >= 11 is 0. The number of carbonyl (C=O) groups excluding carboxylic acids is 2. The minimum absolute atomic E-state index is 0.00968. The van der Waals surface area contributed by atoms with E-state index in [4.69, 9.17) is 4.74 Å². The summed E-state index contributed by atoms with van der Waals surface area (Å²) in [6.45, 7) is 2.01. The molecule has 0 radical (unpaired) electrons. The number of ether oxygens (including phenoxy) is 1. The number of esters is 1. The van der Waals surface area contributed by atoms with Crippen LogP contribution in [0.15, 0.2) is 24.3 Å². The van der Waals surface area contributed by atoms with Gasteiger partial charge in [-0.25, -0.2) is 4.39 Å². The number of nitrogens with one attached hydrogen (secondary N) is 1. The fourth-order valence-corrected chi connectivity index (χ4v) is 3.02. The normalized spacial score (nSPS) is 16.6. The molecular formula is C18H24FNO3. The molecule has 0 aliphatic heterocycles. The minimum Gasteiger partial charge on any atom is -0.466 e. The summed E-state index contributed by atoms with van der Waals surface area (Å²) < 4.78 is 18.4. The lowest BCUT2D eigenvalue weighted by atomic mass is 9.88. The number of amides is 1. The van der Waals surface area contributed by atoms with E-state index in [1.807, 2.05) is 0 Å². The molecule has 1 N–H and O–H groups in total. The van der Waals surface area contributed by atoms with Crippen LogP contribution in [0, 0.1) is 11.7 Å². The predicted octanol–water partition coefficient (Wildman–Crippen LogP) is 3.52. The Morgan fingerprint density at radius 1 is 1.30 bits per heavy atom. The number of halogens is 1. The average molecular weight is 321 g/mol. The van der Waals surface area contributed by atoms with E-state index in [1.54, 1.807) is 19.1 Å². The van der Waals surface area contributed by atoms with Crippen LogP contribution in [0.5, 0.6) is 0 Å². The van der Waals surface area contributed by atoms with E-state index in [9.17, 15) is 14.0 Å². The Morgan fingerprint density at radius 2 is 2.04 bits per heavy atom. The Kier molecular flexibility index (Phi) is 6.56. The molecular weight excluding hydrogens is 297 g/mol. The first kappa shape index (κ1) is 17.4. The van der Waals surface area contributed by atoms with Crippen molar-refractivity contribution in [1.29, 1.82) is 0 Å². The van der Waals surface area contributed by atoms with Gasteiger partial charge < -0.3 is 10.1 Å².